The lowest BCUT2D eigenvalue weighted by molar-refractivity contribution is -0.193. The minimum absolute atomic E-state index is 0.208. The summed E-state index contributed by atoms with van der Waals surface area (Å²) in [5.41, 5.74) is 1.99. The van der Waals surface area contributed by atoms with Crippen molar-refractivity contribution in [3.8, 4) is 0 Å². The highest BCUT2D eigenvalue weighted by Crippen LogP contribution is 2.29. The van der Waals surface area contributed by atoms with Gasteiger partial charge in [0.25, 0.3) is 5.91 Å². The second-order valence-corrected chi connectivity index (χ2v) is 5.06. The summed E-state index contributed by atoms with van der Waals surface area (Å²) < 4.78 is 37.7. The Hall–Kier alpha value is -1.31. The molecular weight excluding hydrogens is 263 g/mol. The first-order valence-corrected chi connectivity index (χ1v) is 5.77. The van der Waals surface area contributed by atoms with Crippen LogP contribution in [0.1, 0.15) is 20.8 Å². The van der Waals surface area contributed by atoms with E-state index in [4.69, 9.17) is 5.73 Å². The first-order chi connectivity index (χ1) is 8.39. The molecule has 0 aliphatic rings. The Morgan fingerprint density at radius 1 is 1.32 bits per heavy atom. The predicted octanol–water partition coefficient (Wildman–Crippen LogP) is 0.497. The summed E-state index contributed by atoms with van der Waals surface area (Å²) in [5, 5.41) is 2.50. The van der Waals surface area contributed by atoms with Gasteiger partial charge < -0.3 is 16.0 Å². The molecule has 2 amide bonds. The average Bonchev–Trinajstić information content (AvgIpc) is 2.23. The number of nitrogens with one attached hydrogen (secondary N) is 1. The molecule has 1 atom stereocenters. The summed E-state index contributed by atoms with van der Waals surface area (Å²) in [5.74, 6) is -1.66. The van der Waals surface area contributed by atoms with E-state index in [-0.39, 0.29) is 5.92 Å². The van der Waals surface area contributed by atoms with Gasteiger partial charge in [-0.2, -0.15) is 13.2 Å². The van der Waals surface area contributed by atoms with Crippen molar-refractivity contribution in [3.05, 3.63) is 0 Å². The van der Waals surface area contributed by atoms with E-state index >= 15 is 0 Å². The Kier molecular flexibility index (Phi) is 5.80. The number of amides is 2. The van der Waals surface area contributed by atoms with Crippen LogP contribution in [0, 0.1) is 5.92 Å². The maximum atomic E-state index is 12.6. The molecule has 0 spiro atoms. The van der Waals surface area contributed by atoms with Gasteiger partial charge >= 0.3 is 6.18 Å². The molecule has 0 bridgehead atoms. The SMILES string of the molecule is CC(C)CNC(=O)CN(C)C(=O)C(C)(N)C(F)(F)F. The highest BCUT2D eigenvalue weighted by molar-refractivity contribution is 5.90. The van der Waals surface area contributed by atoms with Gasteiger partial charge in [0.2, 0.25) is 5.91 Å². The van der Waals surface area contributed by atoms with Gasteiger partial charge in [-0.05, 0) is 12.8 Å². The molecule has 112 valence electrons. The molecule has 0 heterocycles. The van der Waals surface area contributed by atoms with E-state index < -0.39 is 30.1 Å². The number of likely N-dealkylation sites (N-methyl/N-ethyl adjacent to an activating group) is 1. The van der Waals surface area contributed by atoms with E-state index in [9.17, 15) is 22.8 Å². The van der Waals surface area contributed by atoms with Crippen LogP contribution in [0.25, 0.3) is 0 Å². The Bertz CT molecular complexity index is 341. The second kappa shape index (κ2) is 6.23. The van der Waals surface area contributed by atoms with Crippen LogP contribution < -0.4 is 11.1 Å². The molecule has 0 saturated carbocycles. The average molecular weight is 283 g/mol. The highest BCUT2D eigenvalue weighted by Gasteiger charge is 2.55. The maximum Gasteiger partial charge on any atom is 0.415 e. The number of nitrogens with two attached hydrogens (primary N) is 1. The fourth-order valence-corrected chi connectivity index (χ4v) is 1.18. The van der Waals surface area contributed by atoms with Gasteiger partial charge in [0.1, 0.15) is 0 Å². The van der Waals surface area contributed by atoms with Gasteiger partial charge in [0.15, 0.2) is 5.54 Å². The summed E-state index contributed by atoms with van der Waals surface area (Å²) >= 11 is 0. The van der Waals surface area contributed by atoms with Crippen LogP contribution in [0.5, 0.6) is 0 Å². The minimum Gasteiger partial charge on any atom is -0.354 e. The molecule has 0 saturated heterocycles. The van der Waals surface area contributed by atoms with Crippen LogP contribution in [0.2, 0.25) is 0 Å². The van der Waals surface area contributed by atoms with Crippen molar-refractivity contribution in [1.82, 2.24) is 10.2 Å². The number of nitrogens with zero attached hydrogens (tertiary/aromatic N) is 1. The number of alkyl halides is 3. The highest BCUT2D eigenvalue weighted by atomic mass is 19.4. The van der Waals surface area contributed by atoms with Crippen molar-refractivity contribution < 1.29 is 22.8 Å². The van der Waals surface area contributed by atoms with Gasteiger partial charge in [0.05, 0.1) is 6.54 Å². The molecule has 0 aliphatic carbocycles. The summed E-state index contributed by atoms with van der Waals surface area (Å²) in [7, 11) is 1.11. The van der Waals surface area contributed by atoms with E-state index in [2.05, 4.69) is 5.32 Å². The molecule has 0 aromatic carbocycles. The van der Waals surface area contributed by atoms with E-state index in [0.717, 1.165) is 7.05 Å². The molecular formula is C11H20F3N3O2. The van der Waals surface area contributed by atoms with Gasteiger partial charge in [-0.1, -0.05) is 13.8 Å². The van der Waals surface area contributed by atoms with Crippen LogP contribution in [-0.4, -0.2) is 48.6 Å². The van der Waals surface area contributed by atoms with Crippen molar-refractivity contribution >= 4 is 11.8 Å². The lowest BCUT2D eigenvalue weighted by Gasteiger charge is -2.30. The van der Waals surface area contributed by atoms with Gasteiger partial charge in [-0.15, -0.1) is 0 Å². The Labute approximate surface area is 110 Å². The van der Waals surface area contributed by atoms with Crippen LogP contribution >= 0.6 is 0 Å². The van der Waals surface area contributed by atoms with E-state index in [0.29, 0.717) is 18.4 Å². The number of rotatable bonds is 5. The Morgan fingerprint density at radius 3 is 2.16 bits per heavy atom. The van der Waals surface area contributed by atoms with E-state index in [1.807, 2.05) is 13.8 Å². The van der Waals surface area contributed by atoms with Gasteiger partial charge in [-0.3, -0.25) is 9.59 Å². The van der Waals surface area contributed by atoms with Gasteiger partial charge in [0, 0.05) is 13.6 Å². The molecule has 0 aromatic rings. The number of hydrogen-bond acceptors (Lipinski definition) is 3. The smallest absolute Gasteiger partial charge is 0.354 e. The first kappa shape index (κ1) is 17.7. The van der Waals surface area contributed by atoms with Crippen molar-refractivity contribution in [2.45, 2.75) is 32.5 Å². The van der Waals surface area contributed by atoms with E-state index in [1.165, 1.54) is 0 Å². The predicted molar refractivity (Wildman–Crippen MR) is 64.1 cm³/mol. The number of carbonyl (C=O) groups is 2. The van der Waals surface area contributed by atoms with Crippen molar-refractivity contribution in [3.63, 3.8) is 0 Å². The third-order valence-corrected chi connectivity index (χ3v) is 2.47. The monoisotopic (exact) mass is 283 g/mol. The molecule has 0 aliphatic heterocycles. The zero-order chi connectivity index (χ0) is 15.4. The van der Waals surface area contributed by atoms with Crippen molar-refractivity contribution in [2.75, 3.05) is 20.1 Å². The summed E-state index contributed by atoms with van der Waals surface area (Å²) in [6.45, 7) is 4.25. The van der Waals surface area contributed by atoms with Crippen LogP contribution in [0.3, 0.4) is 0 Å². The van der Waals surface area contributed by atoms with E-state index in [1.54, 1.807) is 0 Å². The Morgan fingerprint density at radius 2 is 1.79 bits per heavy atom. The Balaban J connectivity index is 4.55. The lowest BCUT2D eigenvalue weighted by atomic mass is 10.0. The summed E-state index contributed by atoms with van der Waals surface area (Å²) in [6, 6.07) is 0. The molecule has 3 N–H and O–H groups in total. The number of hydrogen-bond donors (Lipinski definition) is 2. The topological polar surface area (TPSA) is 75.4 Å². The van der Waals surface area contributed by atoms with Crippen LogP contribution in [0.4, 0.5) is 13.2 Å². The molecule has 0 aromatic heterocycles. The summed E-state index contributed by atoms with van der Waals surface area (Å²) in [6.07, 6.45) is -4.87. The third kappa shape index (κ3) is 5.06. The van der Waals surface area contributed by atoms with Crippen LogP contribution in [0.15, 0.2) is 0 Å². The quantitative estimate of drug-likeness (QED) is 0.771. The number of halogens is 3. The second-order valence-electron chi connectivity index (χ2n) is 5.06. The van der Waals surface area contributed by atoms with Crippen molar-refractivity contribution in [1.29, 1.82) is 0 Å². The molecule has 5 nitrogen and oxygen atoms in total. The normalized spacial score (nSPS) is 15.0. The molecule has 0 fully saturated rings. The van der Waals surface area contributed by atoms with Crippen molar-refractivity contribution in [2.24, 2.45) is 11.7 Å². The maximum absolute atomic E-state index is 12.6. The number of carbonyl (C=O) groups excluding carboxylic acids is 2. The molecule has 1 unspecified atom stereocenters. The zero-order valence-corrected chi connectivity index (χ0v) is 11.5. The molecule has 8 heteroatoms. The molecule has 19 heavy (non-hydrogen) atoms. The van der Waals surface area contributed by atoms with Crippen LogP contribution in [-0.2, 0) is 9.59 Å². The zero-order valence-electron chi connectivity index (χ0n) is 11.5. The molecule has 0 radical (unpaired) electrons. The largest absolute Gasteiger partial charge is 0.415 e. The minimum atomic E-state index is -4.87. The fraction of sp³-hybridized carbons (Fsp3) is 0.818. The molecule has 0 rings (SSSR count). The standard InChI is InChI=1S/C11H20F3N3O2/c1-7(2)5-16-8(18)6-17(4)9(19)10(3,15)11(12,13)14/h7H,5-6,15H2,1-4H3,(H,16,18). The third-order valence-electron chi connectivity index (χ3n) is 2.47. The fourth-order valence-electron chi connectivity index (χ4n) is 1.18. The summed E-state index contributed by atoms with van der Waals surface area (Å²) in [4.78, 5) is 23.7. The lowest BCUT2D eigenvalue weighted by Crippen LogP contribution is -2.62. The van der Waals surface area contributed by atoms with Gasteiger partial charge in [-0.25, -0.2) is 0 Å². The first-order valence-electron chi connectivity index (χ1n) is 5.77.